The SMILES string of the molecule is C[C@H](CC(=O)C1OC1(C)C)[C@H]1C(=O)C[C@@]2(C)C3=CCC4C(C)(C)[C@@H](O[C@@H]5OC[C@@H](O)[C@H](O)[C@H]5O)CC[C@@]45C[C@@]35[C@@H](O)C[C@]12C. The van der Waals surface area contributed by atoms with Crippen molar-refractivity contribution in [3.63, 3.8) is 0 Å². The fraction of sp³-hybridized carbons (Fsp3) is 0.886. The van der Waals surface area contributed by atoms with Gasteiger partial charge in [-0.3, -0.25) is 9.59 Å². The van der Waals surface area contributed by atoms with Gasteiger partial charge in [-0.25, -0.2) is 0 Å². The van der Waals surface area contributed by atoms with Crippen molar-refractivity contribution in [1.29, 1.82) is 0 Å². The smallest absolute Gasteiger partial charge is 0.186 e. The fourth-order valence-electron chi connectivity index (χ4n) is 11.9. The molecule has 246 valence electrons. The van der Waals surface area contributed by atoms with Gasteiger partial charge in [-0.05, 0) is 74.0 Å². The van der Waals surface area contributed by atoms with Crippen molar-refractivity contribution in [1.82, 2.24) is 0 Å². The van der Waals surface area contributed by atoms with Gasteiger partial charge >= 0.3 is 0 Å². The van der Waals surface area contributed by atoms with Gasteiger partial charge in [0.1, 0.15) is 30.2 Å². The Hall–Kier alpha value is -1.20. The molecule has 14 atom stereocenters. The molecule has 44 heavy (non-hydrogen) atoms. The van der Waals surface area contributed by atoms with Crippen molar-refractivity contribution >= 4 is 11.6 Å². The standard InChI is InChI=1S/C35H52O9/c1-17(12-18(36)28-31(4,5)44-28)25-19(37)13-32(6)22-9-8-21-30(2,3)24(43-29-27(41)26(40)20(38)15-42-29)10-11-34(21)16-35(22,34)23(39)14-33(25,32)7/h9,17,20-21,23-29,38-41H,8,10-16H2,1-7H3/t17-,20-,21?,23+,24+,25+,26+,27-,28?,29+,32+,33-,34-,35+/m1/s1. The van der Waals surface area contributed by atoms with Crippen molar-refractivity contribution in [2.45, 2.75) is 142 Å². The second kappa shape index (κ2) is 9.45. The molecule has 0 radical (unpaired) electrons. The summed E-state index contributed by atoms with van der Waals surface area (Å²) in [6.45, 7) is 14.6. The first-order chi connectivity index (χ1) is 20.4. The number of ketones is 2. The number of hydrogen-bond acceptors (Lipinski definition) is 9. The summed E-state index contributed by atoms with van der Waals surface area (Å²) in [5.41, 5.74) is -0.761. The summed E-state index contributed by atoms with van der Waals surface area (Å²) in [6.07, 6.45) is 0.934. The zero-order chi connectivity index (χ0) is 32.0. The van der Waals surface area contributed by atoms with Crippen LogP contribution in [0, 0.1) is 44.8 Å². The van der Waals surface area contributed by atoms with Crippen LogP contribution in [0.3, 0.4) is 0 Å². The van der Waals surface area contributed by atoms with E-state index < -0.39 is 47.8 Å². The van der Waals surface area contributed by atoms with Gasteiger partial charge in [0.05, 0.1) is 24.4 Å². The highest BCUT2D eigenvalue weighted by molar-refractivity contribution is 5.90. The van der Waals surface area contributed by atoms with Crippen molar-refractivity contribution in [2.75, 3.05) is 6.61 Å². The van der Waals surface area contributed by atoms with Crippen LogP contribution in [-0.4, -0.2) is 87.1 Å². The summed E-state index contributed by atoms with van der Waals surface area (Å²) < 4.78 is 17.6. The van der Waals surface area contributed by atoms with E-state index >= 15 is 0 Å². The number of aliphatic hydroxyl groups is 4. The highest BCUT2D eigenvalue weighted by atomic mass is 16.7. The molecule has 5 aliphatic carbocycles. The first-order valence-corrected chi connectivity index (χ1v) is 16.8. The van der Waals surface area contributed by atoms with Gasteiger partial charge in [0, 0.05) is 29.6 Å². The number of fused-ring (bicyclic) bond motifs is 2. The Morgan fingerprint density at radius 2 is 1.77 bits per heavy atom. The minimum absolute atomic E-state index is 0.0687. The molecule has 6 fully saturated rings. The van der Waals surface area contributed by atoms with Crippen molar-refractivity contribution in [3.05, 3.63) is 11.6 Å². The topological polar surface area (TPSA) is 146 Å². The predicted octanol–water partition coefficient (Wildman–Crippen LogP) is 3.09. The van der Waals surface area contributed by atoms with Gasteiger partial charge in [0.15, 0.2) is 12.1 Å². The zero-order valence-electron chi connectivity index (χ0n) is 27.3. The van der Waals surface area contributed by atoms with Crippen molar-refractivity contribution in [3.8, 4) is 0 Å². The molecule has 4 saturated carbocycles. The Bertz CT molecular complexity index is 1290. The molecule has 2 spiro atoms. The molecule has 9 nitrogen and oxygen atoms in total. The molecule has 9 heteroatoms. The van der Waals surface area contributed by atoms with Crippen LogP contribution in [0.25, 0.3) is 0 Å². The molecule has 0 aromatic heterocycles. The van der Waals surface area contributed by atoms with E-state index in [0.717, 1.165) is 25.7 Å². The number of ether oxygens (including phenoxy) is 3. The van der Waals surface area contributed by atoms with E-state index in [0.29, 0.717) is 19.3 Å². The minimum atomic E-state index is -1.33. The molecule has 2 heterocycles. The lowest BCUT2D eigenvalue weighted by atomic mass is 9.44. The number of epoxide rings is 1. The van der Waals surface area contributed by atoms with E-state index in [2.05, 4.69) is 33.8 Å². The number of aliphatic hydroxyl groups excluding tert-OH is 4. The van der Waals surface area contributed by atoms with Crippen LogP contribution in [-0.2, 0) is 23.8 Å². The highest BCUT2D eigenvalue weighted by Gasteiger charge is 2.84. The van der Waals surface area contributed by atoms with Gasteiger partial charge < -0.3 is 34.6 Å². The van der Waals surface area contributed by atoms with E-state index in [1.807, 2.05) is 20.8 Å². The minimum Gasteiger partial charge on any atom is -0.392 e. The second-order valence-corrected chi connectivity index (χ2v) is 17.3. The summed E-state index contributed by atoms with van der Waals surface area (Å²) in [7, 11) is 0. The number of carbonyl (C=O) groups is 2. The van der Waals surface area contributed by atoms with Crippen molar-refractivity contribution in [2.24, 2.45) is 44.8 Å². The maximum atomic E-state index is 13.9. The second-order valence-electron chi connectivity index (χ2n) is 17.3. The van der Waals surface area contributed by atoms with Crippen LogP contribution in [0.1, 0.15) is 93.4 Å². The highest BCUT2D eigenvalue weighted by Crippen LogP contribution is 2.87. The molecule has 2 saturated heterocycles. The normalized spacial score (nSPS) is 53.8. The van der Waals surface area contributed by atoms with E-state index in [-0.39, 0.29) is 63.7 Å². The van der Waals surface area contributed by atoms with Gasteiger partial charge in [0.25, 0.3) is 0 Å². The average molecular weight is 617 g/mol. The number of allylic oxidation sites excluding steroid dienone is 1. The number of hydrogen-bond donors (Lipinski definition) is 4. The Morgan fingerprint density at radius 3 is 2.43 bits per heavy atom. The maximum Gasteiger partial charge on any atom is 0.186 e. The third-order valence-electron chi connectivity index (χ3n) is 14.4. The molecule has 0 aromatic carbocycles. The summed E-state index contributed by atoms with van der Waals surface area (Å²) >= 11 is 0. The predicted molar refractivity (Wildman–Crippen MR) is 159 cm³/mol. The summed E-state index contributed by atoms with van der Waals surface area (Å²) in [5, 5.41) is 42.9. The molecule has 4 N–H and O–H groups in total. The summed E-state index contributed by atoms with van der Waals surface area (Å²) in [6, 6.07) is 0. The van der Waals surface area contributed by atoms with Gasteiger partial charge in [-0.2, -0.15) is 0 Å². The van der Waals surface area contributed by atoms with E-state index in [1.54, 1.807) is 0 Å². The molecule has 0 aromatic rings. The number of carbonyl (C=O) groups excluding carboxylic acids is 2. The lowest BCUT2D eigenvalue weighted by Crippen LogP contribution is -2.59. The van der Waals surface area contributed by atoms with Gasteiger partial charge in [-0.15, -0.1) is 0 Å². The monoisotopic (exact) mass is 616 g/mol. The Labute approximate surface area is 260 Å². The number of rotatable bonds is 6. The lowest BCUT2D eigenvalue weighted by molar-refractivity contribution is -0.301. The largest absolute Gasteiger partial charge is 0.392 e. The van der Waals surface area contributed by atoms with Crippen molar-refractivity contribution < 1.29 is 44.2 Å². The van der Waals surface area contributed by atoms with Crippen LogP contribution in [0.4, 0.5) is 0 Å². The number of Topliss-reactive ketones (excluding diaryl/α,β-unsaturated/α-hetero) is 2. The van der Waals surface area contributed by atoms with Crippen LogP contribution in [0.5, 0.6) is 0 Å². The third kappa shape index (κ3) is 3.84. The molecule has 7 aliphatic rings. The Balaban J connectivity index is 1.15. The molecule has 7 rings (SSSR count). The Kier molecular flexibility index (Phi) is 6.75. The van der Waals surface area contributed by atoms with Crippen LogP contribution < -0.4 is 0 Å². The molecular formula is C35H52O9. The molecule has 2 aliphatic heterocycles. The fourth-order valence-corrected chi connectivity index (χ4v) is 11.9. The first-order valence-electron chi connectivity index (χ1n) is 16.8. The van der Waals surface area contributed by atoms with Crippen LogP contribution in [0.2, 0.25) is 0 Å². The van der Waals surface area contributed by atoms with Crippen LogP contribution >= 0.6 is 0 Å². The third-order valence-corrected chi connectivity index (χ3v) is 14.4. The zero-order valence-corrected chi connectivity index (χ0v) is 27.3. The average Bonchev–Trinajstić information content (AvgIpc) is 3.78. The quantitative estimate of drug-likeness (QED) is 0.261. The first kappa shape index (κ1) is 31.4. The Morgan fingerprint density at radius 1 is 1.09 bits per heavy atom. The summed E-state index contributed by atoms with van der Waals surface area (Å²) in [4.78, 5) is 27.0. The van der Waals surface area contributed by atoms with Crippen LogP contribution in [0.15, 0.2) is 11.6 Å². The molecule has 2 unspecified atom stereocenters. The van der Waals surface area contributed by atoms with Gasteiger partial charge in [-0.1, -0.05) is 46.3 Å². The van der Waals surface area contributed by atoms with E-state index in [9.17, 15) is 30.0 Å². The van der Waals surface area contributed by atoms with E-state index in [1.165, 1.54) is 5.57 Å². The molecule has 0 amide bonds. The lowest BCUT2D eigenvalue weighted by Gasteiger charge is -2.61. The molecular weight excluding hydrogens is 564 g/mol. The van der Waals surface area contributed by atoms with E-state index in [4.69, 9.17) is 14.2 Å². The van der Waals surface area contributed by atoms with Gasteiger partial charge in [0.2, 0.25) is 0 Å². The molecule has 0 bridgehead atoms. The summed E-state index contributed by atoms with van der Waals surface area (Å²) in [5.74, 6) is 0.0812. The maximum absolute atomic E-state index is 13.9.